The Labute approximate surface area is 137 Å². The van der Waals surface area contributed by atoms with Crippen molar-refractivity contribution in [3.63, 3.8) is 0 Å². The standard InChI is InChI=1S/C15H19N3O2S2/c1-10-18-12(9-21-10)14-3-2-11(22-14)4-5-17-15(19)13-8-16-6-7-20-13/h2-3,9,13,16H,4-8H2,1H3,(H,17,19). The minimum atomic E-state index is -0.356. The number of carbonyl (C=O) groups excluding carboxylic acids is 1. The summed E-state index contributed by atoms with van der Waals surface area (Å²) in [6.45, 7) is 4.66. The van der Waals surface area contributed by atoms with Crippen LogP contribution < -0.4 is 10.6 Å². The van der Waals surface area contributed by atoms with E-state index in [9.17, 15) is 4.79 Å². The molecule has 1 atom stereocenters. The topological polar surface area (TPSA) is 63.2 Å². The lowest BCUT2D eigenvalue weighted by Gasteiger charge is -2.22. The van der Waals surface area contributed by atoms with Crippen LogP contribution in [0.5, 0.6) is 0 Å². The maximum absolute atomic E-state index is 11.9. The number of hydrogen-bond acceptors (Lipinski definition) is 6. The van der Waals surface area contributed by atoms with Gasteiger partial charge in [0.2, 0.25) is 5.91 Å². The first-order valence-corrected chi connectivity index (χ1v) is 9.03. The number of thiazole rings is 1. The number of thiophene rings is 1. The summed E-state index contributed by atoms with van der Waals surface area (Å²) in [5.74, 6) is -0.0286. The zero-order valence-corrected chi connectivity index (χ0v) is 14.1. The van der Waals surface area contributed by atoms with Gasteiger partial charge in [0.25, 0.3) is 0 Å². The second-order valence-corrected chi connectivity index (χ2v) is 7.35. The van der Waals surface area contributed by atoms with E-state index in [-0.39, 0.29) is 12.0 Å². The van der Waals surface area contributed by atoms with Crippen molar-refractivity contribution in [2.45, 2.75) is 19.4 Å². The summed E-state index contributed by atoms with van der Waals surface area (Å²) in [5, 5.41) is 9.27. The Morgan fingerprint density at radius 2 is 2.45 bits per heavy atom. The Morgan fingerprint density at radius 3 is 3.18 bits per heavy atom. The quantitative estimate of drug-likeness (QED) is 0.874. The molecule has 3 rings (SSSR count). The third kappa shape index (κ3) is 3.92. The fraction of sp³-hybridized carbons (Fsp3) is 0.467. The lowest BCUT2D eigenvalue weighted by Crippen LogP contribution is -2.48. The highest BCUT2D eigenvalue weighted by Gasteiger charge is 2.21. The summed E-state index contributed by atoms with van der Waals surface area (Å²) < 4.78 is 5.43. The molecule has 0 spiro atoms. The highest BCUT2D eigenvalue weighted by atomic mass is 32.1. The van der Waals surface area contributed by atoms with Crippen LogP contribution in [0.2, 0.25) is 0 Å². The molecule has 0 radical (unpaired) electrons. The maximum Gasteiger partial charge on any atom is 0.250 e. The zero-order chi connectivity index (χ0) is 15.4. The van der Waals surface area contributed by atoms with E-state index >= 15 is 0 Å². The van der Waals surface area contributed by atoms with E-state index in [2.05, 4.69) is 33.1 Å². The van der Waals surface area contributed by atoms with Crippen molar-refractivity contribution < 1.29 is 9.53 Å². The smallest absolute Gasteiger partial charge is 0.250 e. The van der Waals surface area contributed by atoms with Gasteiger partial charge in [-0.3, -0.25) is 4.79 Å². The molecule has 1 aliphatic rings. The highest BCUT2D eigenvalue weighted by molar-refractivity contribution is 7.16. The summed E-state index contributed by atoms with van der Waals surface area (Å²) in [5.41, 5.74) is 1.05. The molecule has 2 N–H and O–H groups in total. The number of hydrogen-bond donors (Lipinski definition) is 2. The van der Waals surface area contributed by atoms with Gasteiger partial charge < -0.3 is 15.4 Å². The molecule has 0 aromatic carbocycles. The number of nitrogens with zero attached hydrogens (tertiary/aromatic N) is 1. The molecular weight excluding hydrogens is 318 g/mol. The van der Waals surface area contributed by atoms with Crippen molar-refractivity contribution >= 4 is 28.6 Å². The van der Waals surface area contributed by atoms with Crippen LogP contribution in [0.3, 0.4) is 0 Å². The number of morpholine rings is 1. The third-order valence-corrected chi connectivity index (χ3v) is 5.36. The molecule has 0 aliphatic carbocycles. The van der Waals surface area contributed by atoms with Gasteiger partial charge in [-0.1, -0.05) is 0 Å². The summed E-state index contributed by atoms with van der Waals surface area (Å²) >= 11 is 3.40. The number of rotatable bonds is 5. The lowest BCUT2D eigenvalue weighted by molar-refractivity contribution is -0.134. The summed E-state index contributed by atoms with van der Waals surface area (Å²) in [4.78, 5) is 18.9. The molecule has 3 heterocycles. The summed E-state index contributed by atoms with van der Waals surface area (Å²) in [6, 6.07) is 4.21. The monoisotopic (exact) mass is 337 g/mol. The van der Waals surface area contributed by atoms with Crippen molar-refractivity contribution in [1.29, 1.82) is 0 Å². The Kier molecular flexibility index (Phi) is 5.20. The van der Waals surface area contributed by atoms with Gasteiger partial charge in [-0.15, -0.1) is 22.7 Å². The van der Waals surface area contributed by atoms with Crippen LogP contribution in [0.25, 0.3) is 10.6 Å². The molecule has 5 nitrogen and oxygen atoms in total. The van der Waals surface area contributed by atoms with Crippen LogP contribution in [-0.2, 0) is 16.0 Å². The number of aryl methyl sites for hydroxylation is 1. The molecule has 1 saturated heterocycles. The largest absolute Gasteiger partial charge is 0.366 e. The van der Waals surface area contributed by atoms with Crippen LogP contribution in [-0.4, -0.2) is 43.2 Å². The van der Waals surface area contributed by atoms with E-state index in [1.165, 1.54) is 9.75 Å². The zero-order valence-electron chi connectivity index (χ0n) is 12.4. The van der Waals surface area contributed by atoms with Crippen molar-refractivity contribution in [1.82, 2.24) is 15.6 Å². The molecular formula is C15H19N3O2S2. The minimum absolute atomic E-state index is 0.0286. The Morgan fingerprint density at radius 1 is 1.55 bits per heavy atom. The van der Waals surface area contributed by atoms with Gasteiger partial charge in [0.05, 0.1) is 22.2 Å². The molecule has 1 fully saturated rings. The average Bonchev–Trinajstić information content (AvgIpc) is 3.17. The van der Waals surface area contributed by atoms with Crippen molar-refractivity contribution in [3.8, 4) is 10.6 Å². The molecule has 22 heavy (non-hydrogen) atoms. The molecule has 1 unspecified atom stereocenters. The van der Waals surface area contributed by atoms with Crippen LogP contribution in [0, 0.1) is 6.92 Å². The molecule has 1 amide bonds. The highest BCUT2D eigenvalue weighted by Crippen LogP contribution is 2.29. The number of carbonyl (C=O) groups is 1. The first-order valence-electron chi connectivity index (χ1n) is 7.33. The predicted molar refractivity (Wildman–Crippen MR) is 89.5 cm³/mol. The minimum Gasteiger partial charge on any atom is -0.366 e. The van der Waals surface area contributed by atoms with E-state index in [1.54, 1.807) is 22.7 Å². The van der Waals surface area contributed by atoms with E-state index in [0.29, 0.717) is 19.7 Å². The molecule has 7 heteroatoms. The fourth-order valence-electron chi connectivity index (χ4n) is 2.28. The molecule has 118 valence electrons. The predicted octanol–water partition coefficient (Wildman–Crippen LogP) is 1.83. The average molecular weight is 337 g/mol. The van der Waals surface area contributed by atoms with Crippen molar-refractivity contribution in [3.05, 3.63) is 27.4 Å². The first kappa shape index (κ1) is 15.6. The van der Waals surface area contributed by atoms with E-state index in [0.717, 1.165) is 23.7 Å². The summed E-state index contributed by atoms with van der Waals surface area (Å²) in [7, 11) is 0. The molecule has 1 aliphatic heterocycles. The molecule has 0 bridgehead atoms. The summed E-state index contributed by atoms with van der Waals surface area (Å²) in [6.07, 6.45) is 0.477. The van der Waals surface area contributed by atoms with E-state index < -0.39 is 0 Å². The van der Waals surface area contributed by atoms with Crippen molar-refractivity contribution in [2.24, 2.45) is 0 Å². The van der Waals surface area contributed by atoms with Crippen LogP contribution in [0.15, 0.2) is 17.5 Å². The Bertz CT molecular complexity index is 632. The fourth-order valence-corrected chi connectivity index (χ4v) is 3.94. The van der Waals surface area contributed by atoms with E-state index in [4.69, 9.17) is 4.74 Å². The van der Waals surface area contributed by atoms with Gasteiger partial charge in [-0.2, -0.15) is 0 Å². The second kappa shape index (κ2) is 7.32. The van der Waals surface area contributed by atoms with Gasteiger partial charge >= 0.3 is 0 Å². The first-order chi connectivity index (χ1) is 10.7. The SMILES string of the molecule is Cc1nc(-c2ccc(CCNC(=O)C3CNCCO3)s2)cs1. The normalized spacial score (nSPS) is 18.3. The van der Waals surface area contributed by atoms with Gasteiger partial charge in [-0.05, 0) is 25.5 Å². The lowest BCUT2D eigenvalue weighted by atomic mass is 10.2. The van der Waals surface area contributed by atoms with Gasteiger partial charge in [0, 0.05) is 29.9 Å². The molecule has 2 aromatic heterocycles. The number of amides is 1. The van der Waals surface area contributed by atoms with Crippen LogP contribution in [0.1, 0.15) is 9.88 Å². The van der Waals surface area contributed by atoms with Crippen LogP contribution in [0.4, 0.5) is 0 Å². The third-order valence-electron chi connectivity index (χ3n) is 3.42. The number of ether oxygens (including phenoxy) is 1. The maximum atomic E-state index is 11.9. The van der Waals surface area contributed by atoms with Gasteiger partial charge in [0.1, 0.15) is 6.10 Å². The Balaban J connectivity index is 1.47. The van der Waals surface area contributed by atoms with E-state index in [1.807, 2.05) is 6.92 Å². The number of nitrogens with one attached hydrogen (secondary N) is 2. The number of aromatic nitrogens is 1. The van der Waals surface area contributed by atoms with Gasteiger partial charge in [-0.25, -0.2) is 4.98 Å². The van der Waals surface area contributed by atoms with Crippen molar-refractivity contribution in [2.75, 3.05) is 26.2 Å². The molecule has 2 aromatic rings. The second-order valence-electron chi connectivity index (χ2n) is 5.12. The molecule has 0 saturated carbocycles. The van der Waals surface area contributed by atoms with Crippen LogP contribution >= 0.6 is 22.7 Å². The Hall–Kier alpha value is -1.28. The van der Waals surface area contributed by atoms with Gasteiger partial charge in [0.15, 0.2) is 0 Å².